The second kappa shape index (κ2) is 6.87. The summed E-state index contributed by atoms with van der Waals surface area (Å²) in [6, 6.07) is 0. The molecule has 1 rings (SSSR count). The normalized spacial score (nSPS) is 11.8. The van der Waals surface area contributed by atoms with Gasteiger partial charge in [0.15, 0.2) is 5.16 Å². The second-order valence-electron chi connectivity index (χ2n) is 3.95. The van der Waals surface area contributed by atoms with Crippen LogP contribution in [0.5, 0.6) is 0 Å². The summed E-state index contributed by atoms with van der Waals surface area (Å²) < 4.78 is 25.1. The number of aromatic nitrogens is 3. The van der Waals surface area contributed by atoms with E-state index in [-0.39, 0.29) is 24.7 Å². The second-order valence-corrected chi connectivity index (χ2v) is 6.98. The van der Waals surface area contributed by atoms with Gasteiger partial charge in [0.1, 0.15) is 6.33 Å². The van der Waals surface area contributed by atoms with Gasteiger partial charge < -0.3 is 9.88 Å². The Bertz CT molecular complexity index is 528. The minimum Gasteiger partial charge on any atom is -0.354 e. The van der Waals surface area contributed by atoms with Gasteiger partial charge in [0.05, 0.1) is 12.0 Å². The highest BCUT2D eigenvalue weighted by Crippen LogP contribution is 2.12. The van der Waals surface area contributed by atoms with Crippen LogP contribution < -0.4 is 5.32 Å². The van der Waals surface area contributed by atoms with Crippen molar-refractivity contribution in [2.75, 3.05) is 32.1 Å². The number of hydrogen-bond acceptors (Lipinski definition) is 6. The third-order valence-corrected chi connectivity index (χ3v) is 4.67. The fraction of sp³-hybridized carbons (Fsp3) is 0.667. The van der Waals surface area contributed by atoms with Crippen molar-refractivity contribution in [3.63, 3.8) is 0 Å². The van der Waals surface area contributed by atoms with E-state index in [4.69, 9.17) is 0 Å². The first-order valence-electron chi connectivity index (χ1n) is 5.45. The Morgan fingerprint density at radius 1 is 1.58 bits per heavy atom. The lowest BCUT2D eigenvalue weighted by atomic mass is 10.6. The van der Waals surface area contributed by atoms with Gasteiger partial charge in [0.2, 0.25) is 15.9 Å². The Kier molecular flexibility index (Phi) is 5.76. The minimum atomic E-state index is -3.20. The number of carbonyl (C=O) groups excluding carboxylic acids is 1. The highest BCUT2D eigenvalue weighted by molar-refractivity contribution is 7.99. The topological polar surface area (TPSA) is 97.2 Å². The van der Waals surface area contributed by atoms with Gasteiger partial charge in [-0.3, -0.25) is 4.79 Å². The molecule has 0 aliphatic carbocycles. The molecule has 0 radical (unpaired) electrons. The smallest absolute Gasteiger partial charge is 0.230 e. The predicted molar refractivity (Wildman–Crippen MR) is 72.2 cm³/mol. The van der Waals surface area contributed by atoms with Gasteiger partial charge in [0.25, 0.3) is 0 Å². The molecule has 0 aliphatic heterocycles. The summed E-state index contributed by atoms with van der Waals surface area (Å²) in [6.07, 6.45) is 2.68. The number of sulfonamides is 1. The molecule has 1 amide bonds. The fourth-order valence-electron chi connectivity index (χ4n) is 1.10. The molecule has 0 bridgehead atoms. The van der Waals surface area contributed by atoms with Crippen molar-refractivity contribution in [1.29, 1.82) is 0 Å². The highest BCUT2D eigenvalue weighted by Gasteiger charge is 2.11. The number of aryl methyl sites for hydroxylation is 1. The molecule has 0 saturated carbocycles. The molecule has 0 atom stereocenters. The molecule has 8 nitrogen and oxygen atoms in total. The van der Waals surface area contributed by atoms with E-state index < -0.39 is 10.0 Å². The predicted octanol–water partition coefficient (Wildman–Crippen LogP) is -1.09. The number of nitrogens with one attached hydrogen (secondary N) is 1. The number of nitrogens with zero attached hydrogens (tertiary/aromatic N) is 4. The van der Waals surface area contributed by atoms with Crippen molar-refractivity contribution in [2.45, 2.75) is 5.16 Å². The first kappa shape index (κ1) is 15.9. The molecule has 10 heteroatoms. The summed E-state index contributed by atoms with van der Waals surface area (Å²) in [5.41, 5.74) is 0. The molecule has 0 aromatic carbocycles. The van der Waals surface area contributed by atoms with E-state index in [1.165, 1.54) is 23.1 Å². The largest absolute Gasteiger partial charge is 0.354 e. The van der Waals surface area contributed by atoms with E-state index in [1.54, 1.807) is 17.9 Å². The number of carbonyl (C=O) groups is 1. The van der Waals surface area contributed by atoms with Crippen molar-refractivity contribution in [3.8, 4) is 0 Å². The standard InChI is InChI=1S/C9H17N5O3S2/c1-13-7-11-12-9(13)18-6-8(15)10-4-5-14(2)19(3,16)17/h7H,4-6H2,1-3H3,(H,10,15). The summed E-state index contributed by atoms with van der Waals surface area (Å²) in [5.74, 6) is 0.0460. The molecule has 1 N–H and O–H groups in total. The van der Waals surface area contributed by atoms with Crippen molar-refractivity contribution >= 4 is 27.7 Å². The maximum Gasteiger partial charge on any atom is 0.230 e. The number of thioether (sulfide) groups is 1. The van der Waals surface area contributed by atoms with E-state index in [0.717, 1.165) is 6.26 Å². The molecule has 1 aromatic heterocycles. The third-order valence-electron chi connectivity index (χ3n) is 2.32. The van der Waals surface area contributed by atoms with Crippen LogP contribution in [0.4, 0.5) is 0 Å². The van der Waals surface area contributed by atoms with Crippen LogP contribution in [0.15, 0.2) is 11.5 Å². The maximum atomic E-state index is 11.5. The van der Waals surface area contributed by atoms with Crippen LogP contribution in [0.25, 0.3) is 0 Å². The first-order valence-corrected chi connectivity index (χ1v) is 8.29. The zero-order chi connectivity index (χ0) is 14.5. The zero-order valence-corrected chi connectivity index (χ0v) is 12.7. The maximum absolute atomic E-state index is 11.5. The fourth-order valence-corrected chi connectivity index (χ4v) is 2.24. The average Bonchev–Trinajstić information content (AvgIpc) is 2.71. The van der Waals surface area contributed by atoms with Crippen molar-refractivity contribution < 1.29 is 13.2 Å². The lowest BCUT2D eigenvalue weighted by Gasteiger charge is -2.14. The molecule has 19 heavy (non-hydrogen) atoms. The minimum absolute atomic E-state index is 0.171. The molecule has 108 valence electrons. The van der Waals surface area contributed by atoms with Crippen LogP contribution >= 0.6 is 11.8 Å². The summed E-state index contributed by atoms with van der Waals surface area (Å²) >= 11 is 1.27. The van der Waals surface area contributed by atoms with Crippen LogP contribution in [0.2, 0.25) is 0 Å². The zero-order valence-electron chi connectivity index (χ0n) is 11.0. The number of amides is 1. The number of hydrogen-bond donors (Lipinski definition) is 1. The van der Waals surface area contributed by atoms with Gasteiger partial charge in [-0.05, 0) is 0 Å². The van der Waals surface area contributed by atoms with Gasteiger partial charge in [-0.25, -0.2) is 12.7 Å². The van der Waals surface area contributed by atoms with E-state index in [2.05, 4.69) is 15.5 Å². The SMILES string of the molecule is CN(CCNC(=O)CSc1nncn1C)S(C)(=O)=O. The number of rotatable bonds is 7. The molecule has 0 spiro atoms. The summed E-state index contributed by atoms with van der Waals surface area (Å²) in [4.78, 5) is 11.5. The van der Waals surface area contributed by atoms with Crippen molar-refractivity contribution in [3.05, 3.63) is 6.33 Å². The van der Waals surface area contributed by atoms with Gasteiger partial charge in [-0.15, -0.1) is 10.2 Å². The van der Waals surface area contributed by atoms with Crippen molar-refractivity contribution in [1.82, 2.24) is 24.4 Å². The lowest BCUT2D eigenvalue weighted by Crippen LogP contribution is -2.36. The molecule has 0 unspecified atom stereocenters. The Hall–Kier alpha value is -1.13. The number of likely N-dealkylation sites (N-methyl/N-ethyl adjacent to an activating group) is 1. The van der Waals surface area contributed by atoms with Crippen LogP contribution in [0, 0.1) is 0 Å². The third kappa shape index (κ3) is 5.57. The van der Waals surface area contributed by atoms with Gasteiger partial charge in [-0.1, -0.05) is 11.8 Å². The Morgan fingerprint density at radius 3 is 2.79 bits per heavy atom. The average molecular weight is 307 g/mol. The Morgan fingerprint density at radius 2 is 2.26 bits per heavy atom. The highest BCUT2D eigenvalue weighted by atomic mass is 32.2. The Balaban J connectivity index is 2.24. The molecule has 0 aliphatic rings. The Labute approximate surface area is 116 Å². The van der Waals surface area contributed by atoms with Gasteiger partial charge >= 0.3 is 0 Å². The quantitative estimate of drug-likeness (QED) is 0.643. The van der Waals surface area contributed by atoms with Crippen LogP contribution in [-0.4, -0.2) is 65.5 Å². The molecular formula is C9H17N5O3S2. The molecular weight excluding hydrogens is 290 g/mol. The van der Waals surface area contributed by atoms with E-state index in [9.17, 15) is 13.2 Å². The van der Waals surface area contributed by atoms with Gasteiger partial charge in [-0.2, -0.15) is 0 Å². The first-order chi connectivity index (χ1) is 8.80. The molecule has 1 aromatic rings. The summed E-state index contributed by atoms with van der Waals surface area (Å²) in [5, 5.41) is 10.8. The van der Waals surface area contributed by atoms with E-state index in [0.29, 0.717) is 5.16 Å². The molecule has 1 heterocycles. The van der Waals surface area contributed by atoms with E-state index in [1.807, 2.05) is 0 Å². The lowest BCUT2D eigenvalue weighted by molar-refractivity contribution is -0.118. The van der Waals surface area contributed by atoms with Crippen LogP contribution in [0.3, 0.4) is 0 Å². The van der Waals surface area contributed by atoms with Crippen LogP contribution in [-0.2, 0) is 21.9 Å². The molecule has 0 saturated heterocycles. The van der Waals surface area contributed by atoms with Gasteiger partial charge in [0, 0.05) is 27.2 Å². The van der Waals surface area contributed by atoms with Crippen molar-refractivity contribution in [2.24, 2.45) is 7.05 Å². The summed E-state index contributed by atoms with van der Waals surface area (Å²) in [6.45, 7) is 0.529. The summed E-state index contributed by atoms with van der Waals surface area (Å²) in [7, 11) is 0.0621. The molecule has 0 fully saturated rings. The van der Waals surface area contributed by atoms with Crippen LogP contribution in [0.1, 0.15) is 0 Å². The monoisotopic (exact) mass is 307 g/mol. The van der Waals surface area contributed by atoms with E-state index >= 15 is 0 Å².